The molecule has 1 aromatic heterocycles. The summed E-state index contributed by atoms with van der Waals surface area (Å²) >= 11 is 6.94. The van der Waals surface area contributed by atoms with Crippen molar-refractivity contribution in [2.75, 3.05) is 0 Å². The largest absolute Gasteiger partial charge is 0.391 e. The van der Waals surface area contributed by atoms with E-state index in [0.29, 0.717) is 16.4 Å². The summed E-state index contributed by atoms with van der Waals surface area (Å²) in [5, 5.41) is 9.18. The zero-order valence-electron chi connectivity index (χ0n) is 9.00. The Hall–Kier alpha value is -0.360. The number of alkyl halides is 4. The van der Waals surface area contributed by atoms with Gasteiger partial charge in [-0.3, -0.25) is 0 Å². The monoisotopic (exact) mass is 284 g/mol. The minimum absolute atomic E-state index is 0.107. The molecule has 0 aromatic carbocycles. The van der Waals surface area contributed by atoms with Crippen LogP contribution in [0.4, 0.5) is 13.2 Å². The lowest BCUT2D eigenvalue weighted by Gasteiger charge is -2.29. The van der Waals surface area contributed by atoms with Crippen LogP contribution in [0.5, 0.6) is 0 Å². The van der Waals surface area contributed by atoms with E-state index < -0.39 is 12.1 Å². The molecule has 2 rings (SSSR count). The lowest BCUT2D eigenvalue weighted by molar-refractivity contribution is -0.183. The van der Waals surface area contributed by atoms with Gasteiger partial charge in [-0.1, -0.05) is 17.8 Å². The summed E-state index contributed by atoms with van der Waals surface area (Å²) in [5.41, 5.74) is 0. The van der Waals surface area contributed by atoms with E-state index in [4.69, 9.17) is 11.6 Å². The first kappa shape index (κ1) is 13.1. The second-order valence-electron chi connectivity index (χ2n) is 4.27. The van der Waals surface area contributed by atoms with Gasteiger partial charge in [-0.15, -0.1) is 21.8 Å². The van der Waals surface area contributed by atoms with Crippen LogP contribution < -0.4 is 0 Å². The Morgan fingerprint density at radius 1 is 1.29 bits per heavy atom. The zero-order chi connectivity index (χ0) is 12.5. The maximum atomic E-state index is 12.6. The van der Waals surface area contributed by atoms with Crippen LogP contribution in [-0.2, 0) is 5.88 Å². The van der Waals surface area contributed by atoms with Crippen molar-refractivity contribution in [3.05, 3.63) is 10.0 Å². The van der Waals surface area contributed by atoms with Gasteiger partial charge in [0.05, 0.1) is 11.8 Å². The fourth-order valence-corrected chi connectivity index (χ4v) is 3.25. The minimum Gasteiger partial charge on any atom is -0.171 e. The van der Waals surface area contributed by atoms with E-state index in [2.05, 4.69) is 10.2 Å². The average molecular weight is 285 g/mol. The molecular formula is C10H12ClF3N2S. The molecule has 1 aliphatic rings. The van der Waals surface area contributed by atoms with Crippen molar-refractivity contribution in [3.8, 4) is 0 Å². The number of rotatable bonds is 2. The first-order valence-corrected chi connectivity index (χ1v) is 6.80. The molecule has 0 N–H and O–H groups in total. The molecule has 0 spiro atoms. The molecule has 7 heteroatoms. The van der Waals surface area contributed by atoms with Gasteiger partial charge in [0.1, 0.15) is 10.0 Å². The van der Waals surface area contributed by atoms with Gasteiger partial charge in [0.25, 0.3) is 0 Å². The van der Waals surface area contributed by atoms with Gasteiger partial charge in [0, 0.05) is 5.92 Å². The van der Waals surface area contributed by atoms with Crippen molar-refractivity contribution in [2.24, 2.45) is 5.92 Å². The molecule has 17 heavy (non-hydrogen) atoms. The fraction of sp³-hybridized carbons (Fsp3) is 0.800. The molecule has 0 saturated heterocycles. The summed E-state index contributed by atoms with van der Waals surface area (Å²) in [6, 6.07) is 0. The third kappa shape index (κ3) is 3.10. The maximum absolute atomic E-state index is 12.6. The lowest BCUT2D eigenvalue weighted by Crippen LogP contribution is -2.28. The van der Waals surface area contributed by atoms with Crippen molar-refractivity contribution in [1.82, 2.24) is 10.2 Å². The predicted octanol–water partition coefficient (Wildman–Crippen LogP) is 4.11. The summed E-state index contributed by atoms with van der Waals surface area (Å²) in [4.78, 5) is 0. The Balaban J connectivity index is 2.06. The van der Waals surface area contributed by atoms with E-state index >= 15 is 0 Å². The van der Waals surface area contributed by atoms with Gasteiger partial charge < -0.3 is 0 Å². The smallest absolute Gasteiger partial charge is 0.171 e. The molecule has 1 aliphatic carbocycles. The molecular weight excluding hydrogens is 273 g/mol. The van der Waals surface area contributed by atoms with Crippen molar-refractivity contribution in [3.63, 3.8) is 0 Å². The summed E-state index contributed by atoms with van der Waals surface area (Å²) in [7, 11) is 0. The Kier molecular flexibility index (Phi) is 3.92. The second-order valence-corrected chi connectivity index (χ2v) is 5.63. The molecule has 2 atom stereocenters. The molecule has 0 aliphatic heterocycles. The second kappa shape index (κ2) is 5.10. The Morgan fingerprint density at radius 3 is 2.65 bits per heavy atom. The quantitative estimate of drug-likeness (QED) is 0.764. The lowest BCUT2D eigenvalue weighted by atomic mass is 9.81. The molecule has 0 amide bonds. The van der Waals surface area contributed by atoms with Gasteiger partial charge in [0.15, 0.2) is 0 Å². The molecule has 1 aromatic rings. The molecule has 0 bridgehead atoms. The molecule has 0 radical (unpaired) electrons. The van der Waals surface area contributed by atoms with Crippen LogP contribution in [0.25, 0.3) is 0 Å². The highest BCUT2D eigenvalue weighted by Crippen LogP contribution is 2.44. The van der Waals surface area contributed by atoms with Crippen LogP contribution >= 0.6 is 22.9 Å². The van der Waals surface area contributed by atoms with Gasteiger partial charge in [-0.2, -0.15) is 13.2 Å². The van der Waals surface area contributed by atoms with Crippen molar-refractivity contribution < 1.29 is 13.2 Å². The van der Waals surface area contributed by atoms with E-state index in [9.17, 15) is 13.2 Å². The highest BCUT2D eigenvalue weighted by Gasteiger charge is 2.42. The Labute approximate surface area is 106 Å². The van der Waals surface area contributed by atoms with Crippen molar-refractivity contribution in [1.29, 1.82) is 0 Å². The average Bonchev–Trinajstić information content (AvgIpc) is 2.76. The summed E-state index contributed by atoms with van der Waals surface area (Å²) < 4.78 is 37.9. The Bertz CT molecular complexity index is 380. The normalized spacial score (nSPS) is 26.1. The van der Waals surface area contributed by atoms with Gasteiger partial charge in [0.2, 0.25) is 0 Å². The first-order chi connectivity index (χ1) is 8.00. The summed E-state index contributed by atoms with van der Waals surface area (Å²) in [6.45, 7) is 0. The molecule has 1 saturated carbocycles. The van der Waals surface area contributed by atoms with Crippen LogP contribution in [0, 0.1) is 5.92 Å². The van der Waals surface area contributed by atoms with Crippen LogP contribution in [0.15, 0.2) is 0 Å². The van der Waals surface area contributed by atoms with Gasteiger partial charge >= 0.3 is 6.18 Å². The fourth-order valence-electron chi connectivity index (χ4n) is 2.20. The number of hydrogen-bond donors (Lipinski definition) is 0. The van der Waals surface area contributed by atoms with Crippen molar-refractivity contribution >= 4 is 22.9 Å². The summed E-state index contributed by atoms with van der Waals surface area (Å²) in [5.74, 6) is -1.03. The topological polar surface area (TPSA) is 25.8 Å². The third-order valence-corrected chi connectivity index (χ3v) is 4.58. The SMILES string of the molecule is FC(F)(F)C1CCCC(c2nnc(CCl)s2)C1. The number of hydrogen-bond acceptors (Lipinski definition) is 3. The minimum atomic E-state index is -4.08. The third-order valence-electron chi connectivity index (χ3n) is 3.08. The van der Waals surface area contributed by atoms with Crippen LogP contribution in [0.2, 0.25) is 0 Å². The predicted molar refractivity (Wildman–Crippen MR) is 60.2 cm³/mol. The van der Waals surface area contributed by atoms with E-state index in [1.165, 1.54) is 11.3 Å². The number of nitrogens with zero attached hydrogens (tertiary/aromatic N) is 2. The number of halogens is 4. The highest BCUT2D eigenvalue weighted by atomic mass is 35.5. The Morgan fingerprint density at radius 2 is 2.06 bits per heavy atom. The molecule has 1 heterocycles. The van der Waals surface area contributed by atoms with E-state index in [1.807, 2.05) is 0 Å². The molecule has 96 valence electrons. The summed E-state index contributed by atoms with van der Waals surface area (Å²) in [6.07, 6.45) is -2.34. The van der Waals surface area contributed by atoms with E-state index in [0.717, 1.165) is 6.42 Å². The van der Waals surface area contributed by atoms with Crippen LogP contribution in [0.1, 0.15) is 41.6 Å². The number of aromatic nitrogens is 2. The maximum Gasteiger partial charge on any atom is 0.391 e. The highest BCUT2D eigenvalue weighted by molar-refractivity contribution is 7.11. The van der Waals surface area contributed by atoms with Crippen molar-refractivity contribution in [2.45, 2.75) is 43.7 Å². The zero-order valence-corrected chi connectivity index (χ0v) is 10.6. The molecule has 2 nitrogen and oxygen atoms in total. The van der Waals surface area contributed by atoms with Crippen LogP contribution in [-0.4, -0.2) is 16.4 Å². The van der Waals surface area contributed by atoms with E-state index in [1.54, 1.807) is 0 Å². The van der Waals surface area contributed by atoms with Gasteiger partial charge in [-0.25, -0.2) is 0 Å². The van der Waals surface area contributed by atoms with E-state index in [-0.39, 0.29) is 24.6 Å². The first-order valence-electron chi connectivity index (χ1n) is 5.45. The molecule has 2 unspecified atom stereocenters. The van der Waals surface area contributed by atoms with Gasteiger partial charge in [-0.05, 0) is 19.3 Å². The standard InChI is InChI=1S/C10H12ClF3N2S/c11-5-8-15-16-9(17-8)6-2-1-3-7(4-6)10(12,13)14/h6-7H,1-5H2. The van der Waals surface area contributed by atoms with Crippen LogP contribution in [0.3, 0.4) is 0 Å². The molecule has 1 fully saturated rings.